The van der Waals surface area contributed by atoms with Gasteiger partial charge in [-0.1, -0.05) is 256 Å². The normalized spacial score (nSPS) is 12.3. The van der Waals surface area contributed by atoms with Gasteiger partial charge < -0.3 is 14.6 Å². The van der Waals surface area contributed by atoms with Crippen LogP contribution >= 0.6 is 0 Å². The SMILES string of the molecule is CCCCCCC/C=C\C/C=C\CCCCCCCCCCCCCCCCCCCCCC(=O)OC(CO)COC(=O)CCCCCCCCCCCCCCCC. The Morgan fingerprint density at radius 1 is 0.390 bits per heavy atom. The Bertz CT molecular complexity index is 897. The van der Waals surface area contributed by atoms with Gasteiger partial charge in [0.1, 0.15) is 6.61 Å². The molecule has 0 bridgehead atoms. The summed E-state index contributed by atoms with van der Waals surface area (Å²) in [4.78, 5) is 24.4. The van der Waals surface area contributed by atoms with E-state index in [0.717, 1.165) is 38.5 Å². The van der Waals surface area contributed by atoms with Crippen LogP contribution in [0.2, 0.25) is 0 Å². The van der Waals surface area contributed by atoms with Gasteiger partial charge in [-0.3, -0.25) is 9.59 Å². The van der Waals surface area contributed by atoms with Crippen molar-refractivity contribution >= 4 is 11.9 Å². The minimum Gasteiger partial charge on any atom is -0.462 e. The number of hydrogen-bond donors (Lipinski definition) is 1. The molecule has 0 heterocycles. The van der Waals surface area contributed by atoms with Crippen molar-refractivity contribution in [2.75, 3.05) is 13.2 Å². The van der Waals surface area contributed by atoms with Crippen LogP contribution in [-0.2, 0) is 19.1 Å². The van der Waals surface area contributed by atoms with Crippen LogP contribution in [0.1, 0.15) is 290 Å². The van der Waals surface area contributed by atoms with Crippen molar-refractivity contribution in [2.45, 2.75) is 296 Å². The lowest BCUT2D eigenvalue weighted by Crippen LogP contribution is -2.28. The van der Waals surface area contributed by atoms with Crippen LogP contribution in [0.5, 0.6) is 0 Å². The molecule has 0 fully saturated rings. The summed E-state index contributed by atoms with van der Waals surface area (Å²) < 4.78 is 10.7. The van der Waals surface area contributed by atoms with Crippen LogP contribution in [0.15, 0.2) is 24.3 Å². The third-order valence-electron chi connectivity index (χ3n) is 12.0. The first kappa shape index (κ1) is 57.4. The molecule has 59 heavy (non-hydrogen) atoms. The fraction of sp³-hybridized carbons (Fsp3) is 0.889. The smallest absolute Gasteiger partial charge is 0.306 e. The molecule has 0 aromatic rings. The second kappa shape index (κ2) is 50.7. The zero-order chi connectivity index (χ0) is 42.8. The van der Waals surface area contributed by atoms with E-state index >= 15 is 0 Å². The molecule has 1 N–H and O–H groups in total. The minimum atomic E-state index is -0.766. The van der Waals surface area contributed by atoms with E-state index in [9.17, 15) is 14.7 Å². The first-order valence-corrected chi connectivity index (χ1v) is 26.4. The van der Waals surface area contributed by atoms with Gasteiger partial charge in [0.25, 0.3) is 0 Å². The highest BCUT2D eigenvalue weighted by atomic mass is 16.6. The fourth-order valence-corrected chi connectivity index (χ4v) is 8.00. The predicted molar refractivity (Wildman–Crippen MR) is 256 cm³/mol. The van der Waals surface area contributed by atoms with E-state index in [-0.39, 0.29) is 25.2 Å². The van der Waals surface area contributed by atoms with Gasteiger partial charge >= 0.3 is 11.9 Å². The lowest BCUT2D eigenvalue weighted by atomic mass is 10.0. The highest BCUT2D eigenvalue weighted by Crippen LogP contribution is 2.17. The van der Waals surface area contributed by atoms with Gasteiger partial charge in [-0.2, -0.15) is 0 Å². The molecular weight excluding hydrogens is 729 g/mol. The second-order valence-electron chi connectivity index (χ2n) is 18.0. The van der Waals surface area contributed by atoms with Crippen molar-refractivity contribution < 1.29 is 24.2 Å². The topological polar surface area (TPSA) is 72.8 Å². The summed E-state index contributed by atoms with van der Waals surface area (Å²) in [5.74, 6) is -0.573. The molecule has 0 rings (SSSR count). The Morgan fingerprint density at radius 3 is 1.00 bits per heavy atom. The minimum absolute atomic E-state index is 0.0588. The number of allylic oxidation sites excluding steroid dienone is 4. The highest BCUT2D eigenvalue weighted by Gasteiger charge is 2.16. The number of esters is 2. The van der Waals surface area contributed by atoms with Gasteiger partial charge in [0, 0.05) is 12.8 Å². The maximum absolute atomic E-state index is 12.3. The standard InChI is InChI=1S/C54H102O5/c1-3-5-7-9-11-13-15-17-19-20-21-22-23-24-25-26-27-28-29-30-31-32-33-34-35-37-39-41-43-45-47-49-54(57)59-52(50-55)51-58-53(56)48-46-44-42-40-38-36-18-16-14-12-10-8-6-4-2/h15,17,20-21,52,55H,3-14,16,18-19,22-51H2,1-2H3/b17-15-,21-20-. The number of aliphatic hydroxyl groups excluding tert-OH is 1. The summed E-state index contributed by atoms with van der Waals surface area (Å²) in [6.07, 6.45) is 62.9. The van der Waals surface area contributed by atoms with E-state index in [1.165, 1.54) is 225 Å². The third kappa shape index (κ3) is 48.9. The first-order chi connectivity index (χ1) is 29.1. The Morgan fingerprint density at radius 2 is 0.678 bits per heavy atom. The van der Waals surface area contributed by atoms with Crippen molar-refractivity contribution in [1.82, 2.24) is 0 Å². The number of ether oxygens (including phenoxy) is 2. The summed E-state index contributed by atoms with van der Waals surface area (Å²) >= 11 is 0. The Balaban J connectivity index is 3.41. The van der Waals surface area contributed by atoms with Crippen LogP contribution in [0.3, 0.4) is 0 Å². The van der Waals surface area contributed by atoms with E-state index in [1.807, 2.05) is 0 Å². The summed E-state index contributed by atoms with van der Waals surface area (Å²) in [6.45, 7) is 4.16. The van der Waals surface area contributed by atoms with Gasteiger partial charge in [0.15, 0.2) is 6.10 Å². The molecule has 0 saturated heterocycles. The molecule has 348 valence electrons. The van der Waals surface area contributed by atoms with E-state index in [4.69, 9.17) is 9.47 Å². The monoisotopic (exact) mass is 831 g/mol. The number of carbonyl (C=O) groups excluding carboxylic acids is 2. The van der Waals surface area contributed by atoms with Crippen LogP contribution in [0, 0.1) is 0 Å². The maximum atomic E-state index is 12.3. The molecule has 5 heteroatoms. The van der Waals surface area contributed by atoms with Crippen molar-refractivity contribution in [3.63, 3.8) is 0 Å². The van der Waals surface area contributed by atoms with E-state index < -0.39 is 6.10 Å². The van der Waals surface area contributed by atoms with Crippen LogP contribution in [0.4, 0.5) is 0 Å². The van der Waals surface area contributed by atoms with E-state index in [0.29, 0.717) is 12.8 Å². The Kier molecular flexibility index (Phi) is 49.3. The van der Waals surface area contributed by atoms with Crippen molar-refractivity contribution in [3.05, 3.63) is 24.3 Å². The van der Waals surface area contributed by atoms with Crippen LogP contribution in [0.25, 0.3) is 0 Å². The summed E-state index contributed by atoms with van der Waals surface area (Å²) in [5.41, 5.74) is 0. The molecule has 0 aromatic heterocycles. The van der Waals surface area contributed by atoms with E-state index in [2.05, 4.69) is 38.2 Å². The molecular formula is C54H102O5. The molecule has 0 aliphatic rings. The zero-order valence-electron chi connectivity index (χ0n) is 39.8. The molecule has 0 radical (unpaired) electrons. The molecule has 0 amide bonds. The molecule has 1 atom stereocenters. The van der Waals surface area contributed by atoms with Gasteiger partial charge in [-0.25, -0.2) is 0 Å². The summed E-state index contributed by atoms with van der Waals surface area (Å²) in [7, 11) is 0. The number of carbonyl (C=O) groups is 2. The van der Waals surface area contributed by atoms with Crippen LogP contribution < -0.4 is 0 Å². The Hall–Kier alpha value is -1.62. The average molecular weight is 831 g/mol. The summed E-state index contributed by atoms with van der Waals surface area (Å²) in [5, 5.41) is 9.61. The highest BCUT2D eigenvalue weighted by molar-refractivity contribution is 5.70. The maximum Gasteiger partial charge on any atom is 0.306 e. The molecule has 5 nitrogen and oxygen atoms in total. The van der Waals surface area contributed by atoms with Gasteiger partial charge in [0.05, 0.1) is 6.61 Å². The third-order valence-corrected chi connectivity index (χ3v) is 12.0. The predicted octanol–water partition coefficient (Wildman–Crippen LogP) is 17.4. The number of hydrogen-bond acceptors (Lipinski definition) is 5. The van der Waals surface area contributed by atoms with E-state index in [1.54, 1.807) is 0 Å². The number of unbranched alkanes of at least 4 members (excludes halogenated alkanes) is 37. The average Bonchev–Trinajstić information content (AvgIpc) is 3.24. The van der Waals surface area contributed by atoms with Crippen molar-refractivity contribution in [3.8, 4) is 0 Å². The lowest BCUT2D eigenvalue weighted by Gasteiger charge is -2.15. The molecule has 0 aromatic carbocycles. The number of aliphatic hydroxyl groups is 1. The zero-order valence-corrected chi connectivity index (χ0v) is 39.8. The van der Waals surface area contributed by atoms with Gasteiger partial charge in [-0.15, -0.1) is 0 Å². The lowest BCUT2D eigenvalue weighted by molar-refractivity contribution is -0.161. The van der Waals surface area contributed by atoms with Crippen LogP contribution in [-0.4, -0.2) is 36.4 Å². The van der Waals surface area contributed by atoms with Crippen molar-refractivity contribution in [2.24, 2.45) is 0 Å². The van der Waals surface area contributed by atoms with Crippen molar-refractivity contribution in [1.29, 1.82) is 0 Å². The molecule has 0 aliphatic carbocycles. The molecule has 1 unspecified atom stereocenters. The summed E-state index contributed by atoms with van der Waals surface area (Å²) in [6, 6.07) is 0. The second-order valence-corrected chi connectivity index (χ2v) is 18.0. The largest absolute Gasteiger partial charge is 0.462 e. The quantitative estimate of drug-likeness (QED) is 0.0376. The molecule has 0 spiro atoms. The molecule has 0 saturated carbocycles. The Labute approximate surface area is 368 Å². The molecule has 0 aliphatic heterocycles. The fourth-order valence-electron chi connectivity index (χ4n) is 8.00. The number of rotatable bonds is 49. The van der Waals surface area contributed by atoms with Gasteiger partial charge in [-0.05, 0) is 44.9 Å². The van der Waals surface area contributed by atoms with Gasteiger partial charge in [0.2, 0.25) is 0 Å². The first-order valence-electron chi connectivity index (χ1n) is 26.4.